The average molecular weight is 158 g/mol. The van der Waals surface area contributed by atoms with E-state index in [0.29, 0.717) is 0 Å². The first kappa shape index (κ1) is 9.94. The van der Waals surface area contributed by atoms with Crippen LogP contribution in [0.2, 0.25) is 0 Å². The van der Waals surface area contributed by atoms with Gasteiger partial charge in [-0.05, 0) is 0 Å². The van der Waals surface area contributed by atoms with Crippen LogP contribution in [-0.2, 0) is 9.63 Å². The minimum Gasteiger partial charge on any atom is -0.386 e. The highest BCUT2D eigenvalue weighted by molar-refractivity contribution is 5.75. The van der Waals surface area contributed by atoms with E-state index in [-0.39, 0.29) is 12.0 Å². The van der Waals surface area contributed by atoms with E-state index < -0.39 is 5.91 Å². The number of nitrogens with two attached hydrogens (primary N) is 1. The summed E-state index contributed by atoms with van der Waals surface area (Å²) in [7, 11) is 0. The van der Waals surface area contributed by atoms with Gasteiger partial charge in [0.05, 0.1) is 0 Å². The molecule has 4 heteroatoms. The van der Waals surface area contributed by atoms with Gasteiger partial charge in [0.2, 0.25) is 0 Å². The van der Waals surface area contributed by atoms with Crippen LogP contribution in [0.4, 0.5) is 0 Å². The molecule has 0 aromatic rings. The molecule has 0 bridgehead atoms. The highest BCUT2D eigenvalue weighted by Crippen LogP contribution is 2.07. The molecule has 0 aromatic heterocycles. The Kier molecular flexibility index (Phi) is 3.57. The highest BCUT2D eigenvalue weighted by Gasteiger charge is 2.05. The van der Waals surface area contributed by atoms with Crippen LogP contribution in [0.15, 0.2) is 5.16 Å². The molecule has 0 spiro atoms. The van der Waals surface area contributed by atoms with Crippen LogP contribution in [0, 0.1) is 5.41 Å². The van der Waals surface area contributed by atoms with Crippen LogP contribution in [0.3, 0.4) is 0 Å². The molecule has 64 valence electrons. The number of hydrogen-bond acceptors (Lipinski definition) is 3. The van der Waals surface area contributed by atoms with Gasteiger partial charge in [-0.3, -0.25) is 4.79 Å². The van der Waals surface area contributed by atoms with Gasteiger partial charge in [-0.15, -0.1) is 0 Å². The number of hydrogen-bond donors (Lipinski definition) is 1. The van der Waals surface area contributed by atoms with Crippen LogP contribution < -0.4 is 5.73 Å². The third-order valence-corrected chi connectivity index (χ3v) is 0.721. The van der Waals surface area contributed by atoms with E-state index in [1.807, 2.05) is 20.8 Å². The first-order valence-electron chi connectivity index (χ1n) is 3.36. The molecular weight excluding hydrogens is 144 g/mol. The van der Waals surface area contributed by atoms with E-state index in [9.17, 15) is 4.79 Å². The summed E-state index contributed by atoms with van der Waals surface area (Å²) in [6.45, 7) is 5.77. The van der Waals surface area contributed by atoms with Gasteiger partial charge >= 0.3 is 0 Å². The first-order chi connectivity index (χ1) is 4.92. The third-order valence-electron chi connectivity index (χ3n) is 0.721. The summed E-state index contributed by atoms with van der Waals surface area (Å²) in [5.41, 5.74) is 4.77. The predicted octanol–water partition coefficient (Wildman–Crippen LogP) is 0.520. The molecule has 0 atom stereocenters. The lowest BCUT2D eigenvalue weighted by atomic mass is 10.00. The lowest BCUT2D eigenvalue weighted by Crippen LogP contribution is -2.17. The lowest BCUT2D eigenvalue weighted by Gasteiger charge is -2.08. The summed E-state index contributed by atoms with van der Waals surface area (Å²) in [6.07, 6.45) is 1.62. The fraction of sp³-hybridized carbons (Fsp3) is 0.714. The van der Waals surface area contributed by atoms with Crippen molar-refractivity contribution in [1.29, 1.82) is 0 Å². The van der Waals surface area contributed by atoms with Gasteiger partial charge in [0.25, 0.3) is 5.91 Å². The van der Waals surface area contributed by atoms with Gasteiger partial charge < -0.3 is 10.6 Å². The van der Waals surface area contributed by atoms with Crippen LogP contribution in [0.5, 0.6) is 0 Å². The van der Waals surface area contributed by atoms with E-state index >= 15 is 0 Å². The molecule has 4 nitrogen and oxygen atoms in total. The smallest absolute Gasteiger partial charge is 0.258 e. The Morgan fingerprint density at radius 3 is 2.55 bits per heavy atom. The van der Waals surface area contributed by atoms with E-state index in [2.05, 4.69) is 9.99 Å². The Morgan fingerprint density at radius 1 is 1.64 bits per heavy atom. The molecule has 0 aromatic carbocycles. The standard InChI is InChI=1S/C7H14N2O2/c1-7(2,3)5-9-11-4-6(8)10/h5H,4H2,1-3H3,(H2,8,10)/b9-5+. The minimum atomic E-state index is -0.518. The summed E-state index contributed by atoms with van der Waals surface area (Å²) in [4.78, 5) is 14.7. The van der Waals surface area contributed by atoms with Crippen molar-refractivity contribution in [2.75, 3.05) is 6.61 Å². The topological polar surface area (TPSA) is 64.7 Å². The zero-order valence-electron chi connectivity index (χ0n) is 7.13. The van der Waals surface area contributed by atoms with Crippen molar-refractivity contribution in [1.82, 2.24) is 0 Å². The van der Waals surface area contributed by atoms with Gasteiger partial charge in [-0.25, -0.2) is 0 Å². The molecule has 0 rings (SSSR count). The zero-order chi connectivity index (χ0) is 8.91. The van der Waals surface area contributed by atoms with Crippen molar-refractivity contribution < 1.29 is 9.63 Å². The Hall–Kier alpha value is -1.06. The third kappa shape index (κ3) is 8.94. The number of amides is 1. The fourth-order valence-corrected chi connectivity index (χ4v) is 0.296. The second-order valence-corrected chi connectivity index (χ2v) is 3.34. The SMILES string of the molecule is CC(C)(C)/C=N/OCC(N)=O. The van der Waals surface area contributed by atoms with Crippen molar-refractivity contribution in [2.24, 2.45) is 16.3 Å². The summed E-state index contributed by atoms with van der Waals surface area (Å²) in [5, 5.41) is 3.56. The summed E-state index contributed by atoms with van der Waals surface area (Å²) >= 11 is 0. The maximum Gasteiger partial charge on any atom is 0.258 e. The fourth-order valence-electron chi connectivity index (χ4n) is 0.296. The molecule has 0 saturated carbocycles. The van der Waals surface area contributed by atoms with E-state index in [4.69, 9.17) is 5.73 Å². The zero-order valence-corrected chi connectivity index (χ0v) is 7.13. The second kappa shape index (κ2) is 3.95. The first-order valence-corrected chi connectivity index (χ1v) is 3.36. The number of carbonyl (C=O) groups excluding carboxylic acids is 1. The second-order valence-electron chi connectivity index (χ2n) is 3.34. The van der Waals surface area contributed by atoms with Gasteiger partial charge in [-0.2, -0.15) is 0 Å². The quantitative estimate of drug-likeness (QED) is 0.480. The Balaban J connectivity index is 3.54. The van der Waals surface area contributed by atoms with E-state index in [1.165, 1.54) is 0 Å². The molecule has 0 aliphatic carbocycles. The molecule has 0 aliphatic rings. The summed E-state index contributed by atoms with van der Waals surface area (Å²) < 4.78 is 0. The monoisotopic (exact) mass is 158 g/mol. The number of carbonyl (C=O) groups is 1. The van der Waals surface area contributed by atoms with Crippen LogP contribution in [0.25, 0.3) is 0 Å². The molecule has 0 aliphatic heterocycles. The van der Waals surface area contributed by atoms with Crippen molar-refractivity contribution in [3.8, 4) is 0 Å². The molecule has 11 heavy (non-hydrogen) atoms. The van der Waals surface area contributed by atoms with E-state index in [1.54, 1.807) is 6.21 Å². The number of oxime groups is 1. The van der Waals surface area contributed by atoms with Crippen LogP contribution in [0.1, 0.15) is 20.8 Å². The number of primary amides is 1. The van der Waals surface area contributed by atoms with Crippen molar-refractivity contribution in [3.63, 3.8) is 0 Å². The van der Waals surface area contributed by atoms with E-state index in [0.717, 1.165) is 0 Å². The largest absolute Gasteiger partial charge is 0.386 e. The average Bonchev–Trinajstić information content (AvgIpc) is 1.78. The lowest BCUT2D eigenvalue weighted by molar-refractivity contribution is -0.122. The number of rotatable bonds is 3. The molecule has 0 fully saturated rings. The van der Waals surface area contributed by atoms with Gasteiger partial charge in [0, 0.05) is 11.6 Å². The van der Waals surface area contributed by atoms with Gasteiger partial charge in [-0.1, -0.05) is 25.9 Å². The maximum atomic E-state index is 10.1. The maximum absolute atomic E-state index is 10.1. The molecule has 1 amide bonds. The molecular formula is C7H14N2O2. The highest BCUT2D eigenvalue weighted by atomic mass is 16.6. The Labute approximate surface area is 66.4 Å². The van der Waals surface area contributed by atoms with Crippen molar-refractivity contribution in [3.05, 3.63) is 0 Å². The van der Waals surface area contributed by atoms with Crippen LogP contribution >= 0.6 is 0 Å². The predicted molar refractivity (Wildman–Crippen MR) is 43.1 cm³/mol. The summed E-state index contributed by atoms with van der Waals surface area (Å²) in [5.74, 6) is -0.518. The Morgan fingerprint density at radius 2 is 2.18 bits per heavy atom. The normalized spacial score (nSPS) is 11.9. The Bertz CT molecular complexity index is 158. The molecule has 2 N–H and O–H groups in total. The minimum absolute atomic E-state index is 0.0301. The van der Waals surface area contributed by atoms with Gasteiger partial charge in [0.15, 0.2) is 6.61 Å². The van der Waals surface area contributed by atoms with Crippen molar-refractivity contribution in [2.45, 2.75) is 20.8 Å². The molecule has 0 heterocycles. The van der Waals surface area contributed by atoms with Crippen LogP contribution in [-0.4, -0.2) is 18.7 Å². The molecule has 0 radical (unpaired) electrons. The molecule has 0 unspecified atom stereocenters. The molecule has 0 saturated heterocycles. The van der Waals surface area contributed by atoms with Crippen molar-refractivity contribution >= 4 is 12.1 Å². The summed E-state index contributed by atoms with van der Waals surface area (Å²) in [6, 6.07) is 0. The van der Waals surface area contributed by atoms with Gasteiger partial charge in [0.1, 0.15) is 0 Å². The number of nitrogens with zero attached hydrogens (tertiary/aromatic N) is 1.